The smallest absolute Gasteiger partial charge is 0.328 e. The minimum absolute atomic E-state index is 0.0827. The van der Waals surface area contributed by atoms with Crippen LogP contribution in [-0.2, 0) is 9.59 Å². The van der Waals surface area contributed by atoms with Crippen LogP contribution in [0.2, 0.25) is 0 Å². The van der Waals surface area contributed by atoms with Gasteiger partial charge in [0.15, 0.2) is 17.3 Å². The van der Waals surface area contributed by atoms with E-state index in [4.69, 9.17) is 14.9 Å². The van der Waals surface area contributed by atoms with Crippen molar-refractivity contribution in [2.75, 3.05) is 26.7 Å². The topological polar surface area (TPSA) is 124 Å². The molecule has 0 spiro atoms. The summed E-state index contributed by atoms with van der Waals surface area (Å²) in [7, 11) is 1.97. The lowest BCUT2D eigenvalue weighted by Gasteiger charge is -2.11. The molecule has 1 aromatic rings. The average Bonchev–Trinajstić information content (AvgIpc) is 2.83. The molecule has 0 amide bonds. The Morgan fingerprint density at radius 3 is 2.26 bits per heavy atom. The second-order valence-corrected chi connectivity index (χ2v) is 8.98. The highest BCUT2D eigenvalue weighted by Crippen LogP contribution is 2.20. The number of ketones is 1. The van der Waals surface area contributed by atoms with Gasteiger partial charge in [0.2, 0.25) is 0 Å². The number of nitrogens with zero attached hydrogens (tertiary/aromatic N) is 1. The number of halogens is 1. The van der Waals surface area contributed by atoms with Gasteiger partial charge in [0.05, 0.1) is 6.10 Å². The van der Waals surface area contributed by atoms with Crippen LogP contribution >= 0.6 is 0 Å². The Labute approximate surface area is 230 Å². The standard InChI is InChI=1S/C26H36FNO3.C4H4O4/c1-6-14-28(5)15-7-8-16-31-26-13-12-22(18-24(26)27)25(30)19-23(29)17-21(4)11-9-10-20(2)3;5-3(6)1-2-4(7)8/h6-8,10,12-13,17-18,23,29H,1,9,11,14-16,19H2,2-5H3;1-2H,(H,5,6)(H,7,8)/b8-7+,21-17+;2-1+. The summed E-state index contributed by atoms with van der Waals surface area (Å²) in [5, 5.41) is 25.8. The molecule has 39 heavy (non-hydrogen) atoms. The lowest BCUT2D eigenvalue weighted by Crippen LogP contribution is -2.17. The number of rotatable bonds is 16. The maximum Gasteiger partial charge on any atom is 0.328 e. The lowest BCUT2D eigenvalue weighted by molar-refractivity contribution is -0.134. The summed E-state index contributed by atoms with van der Waals surface area (Å²) >= 11 is 0. The van der Waals surface area contributed by atoms with Gasteiger partial charge in [-0.1, -0.05) is 41.5 Å². The number of carbonyl (C=O) groups excluding carboxylic acids is 1. The van der Waals surface area contributed by atoms with Crippen molar-refractivity contribution in [1.29, 1.82) is 0 Å². The highest BCUT2D eigenvalue weighted by atomic mass is 19.1. The van der Waals surface area contributed by atoms with E-state index >= 15 is 0 Å². The molecule has 0 aliphatic rings. The first-order valence-corrected chi connectivity index (χ1v) is 12.4. The lowest BCUT2D eigenvalue weighted by atomic mass is 10.0. The molecule has 0 bridgehead atoms. The van der Waals surface area contributed by atoms with Gasteiger partial charge in [0, 0.05) is 37.2 Å². The van der Waals surface area contributed by atoms with Gasteiger partial charge in [0.25, 0.3) is 0 Å². The second kappa shape index (κ2) is 20.2. The maximum absolute atomic E-state index is 14.3. The molecular formula is C30H40FNO7. The number of likely N-dealkylation sites (N-methyl/N-ethyl adjacent to an activating group) is 1. The number of carboxylic acid groups (broad SMARTS) is 2. The van der Waals surface area contributed by atoms with Crippen molar-refractivity contribution in [3.8, 4) is 5.75 Å². The minimum atomic E-state index is -1.26. The molecule has 0 aliphatic carbocycles. The van der Waals surface area contributed by atoms with Crippen molar-refractivity contribution < 1.29 is 38.8 Å². The second-order valence-electron chi connectivity index (χ2n) is 8.98. The summed E-state index contributed by atoms with van der Waals surface area (Å²) in [5.74, 6) is -3.32. The van der Waals surface area contributed by atoms with Crippen molar-refractivity contribution in [1.82, 2.24) is 4.90 Å². The molecule has 3 N–H and O–H groups in total. The molecule has 0 saturated heterocycles. The van der Waals surface area contributed by atoms with Crippen molar-refractivity contribution in [2.24, 2.45) is 0 Å². The van der Waals surface area contributed by atoms with E-state index in [1.54, 1.807) is 6.08 Å². The monoisotopic (exact) mass is 545 g/mol. The van der Waals surface area contributed by atoms with Crippen molar-refractivity contribution in [3.05, 3.63) is 89.8 Å². The summed E-state index contributed by atoms with van der Waals surface area (Å²) in [4.78, 5) is 33.6. The zero-order valence-corrected chi connectivity index (χ0v) is 23.1. The van der Waals surface area contributed by atoms with Gasteiger partial charge in [-0.15, -0.1) is 6.58 Å². The number of aliphatic carboxylic acids is 2. The van der Waals surface area contributed by atoms with Crippen LogP contribution in [0.1, 0.15) is 50.4 Å². The third-order valence-corrected chi connectivity index (χ3v) is 4.94. The average molecular weight is 546 g/mol. The predicted molar refractivity (Wildman–Crippen MR) is 151 cm³/mol. The Balaban J connectivity index is 0.00000156. The fourth-order valence-corrected chi connectivity index (χ4v) is 3.06. The molecule has 9 heteroatoms. The fourth-order valence-electron chi connectivity index (χ4n) is 3.06. The first-order valence-electron chi connectivity index (χ1n) is 12.4. The highest BCUT2D eigenvalue weighted by Gasteiger charge is 2.14. The fraction of sp³-hybridized carbons (Fsp3) is 0.367. The molecule has 0 radical (unpaired) electrons. The number of carbonyl (C=O) groups is 3. The van der Waals surface area contributed by atoms with Crippen LogP contribution in [0, 0.1) is 5.82 Å². The van der Waals surface area contributed by atoms with Crippen molar-refractivity contribution in [2.45, 2.75) is 46.1 Å². The minimum Gasteiger partial charge on any atom is -0.486 e. The van der Waals surface area contributed by atoms with Crippen LogP contribution in [-0.4, -0.2) is 70.8 Å². The maximum atomic E-state index is 14.3. The molecule has 1 aromatic carbocycles. The first-order chi connectivity index (χ1) is 18.3. The van der Waals surface area contributed by atoms with Gasteiger partial charge < -0.3 is 20.1 Å². The Kier molecular flexibility index (Phi) is 18.2. The SMILES string of the molecule is C=CCN(C)C/C=C/COc1ccc(C(=O)CC(O)/C=C(\C)CCC=C(C)C)cc1F.O=C(O)/C=C/C(=O)O. The number of ether oxygens (including phenoxy) is 1. The van der Waals surface area contributed by atoms with Crippen molar-refractivity contribution >= 4 is 17.7 Å². The Morgan fingerprint density at radius 2 is 1.72 bits per heavy atom. The highest BCUT2D eigenvalue weighted by molar-refractivity contribution is 5.96. The Hall–Kier alpha value is -3.82. The number of hydrogen-bond donors (Lipinski definition) is 3. The summed E-state index contributed by atoms with van der Waals surface area (Å²) in [5.41, 5.74) is 2.50. The summed E-state index contributed by atoms with van der Waals surface area (Å²) < 4.78 is 19.7. The number of carboxylic acids is 2. The first kappa shape index (κ1) is 35.2. The van der Waals surface area contributed by atoms with E-state index in [1.165, 1.54) is 17.7 Å². The van der Waals surface area contributed by atoms with E-state index in [-0.39, 0.29) is 30.1 Å². The number of benzene rings is 1. The van der Waals surface area contributed by atoms with Crippen LogP contribution in [0.15, 0.2) is 78.5 Å². The van der Waals surface area contributed by atoms with E-state index in [0.29, 0.717) is 12.2 Å². The molecule has 1 unspecified atom stereocenters. The van der Waals surface area contributed by atoms with Gasteiger partial charge in [-0.05, 0) is 58.9 Å². The number of aliphatic hydroxyl groups is 1. The summed E-state index contributed by atoms with van der Waals surface area (Å²) in [6.07, 6.45) is 11.3. The van der Waals surface area contributed by atoms with Gasteiger partial charge in [-0.25, -0.2) is 14.0 Å². The van der Waals surface area contributed by atoms with Gasteiger partial charge in [-0.3, -0.25) is 9.69 Å². The quantitative estimate of drug-likeness (QED) is 0.147. The predicted octanol–water partition coefficient (Wildman–Crippen LogP) is 5.22. The summed E-state index contributed by atoms with van der Waals surface area (Å²) in [6.45, 7) is 11.5. The zero-order chi connectivity index (χ0) is 29.8. The number of aliphatic hydroxyl groups excluding tert-OH is 1. The van der Waals surface area contributed by atoms with Gasteiger partial charge >= 0.3 is 11.9 Å². The summed E-state index contributed by atoms with van der Waals surface area (Å²) in [6, 6.07) is 4.14. The molecule has 0 aliphatic heterocycles. The number of Topliss-reactive ketones (excluding diaryl/α,β-unsaturated/α-hetero) is 1. The third-order valence-electron chi connectivity index (χ3n) is 4.94. The molecule has 0 saturated carbocycles. The molecule has 0 fully saturated rings. The normalized spacial score (nSPS) is 12.1. The molecule has 1 rings (SSSR count). The van der Waals surface area contributed by atoms with E-state index in [2.05, 4.69) is 17.6 Å². The van der Waals surface area contributed by atoms with Gasteiger partial charge in [-0.2, -0.15) is 0 Å². The number of hydrogen-bond acceptors (Lipinski definition) is 6. The molecular weight excluding hydrogens is 505 g/mol. The van der Waals surface area contributed by atoms with E-state index in [0.717, 1.165) is 37.6 Å². The number of allylic oxidation sites excluding steroid dienone is 3. The molecule has 0 aromatic heterocycles. The van der Waals surface area contributed by atoms with E-state index < -0.39 is 23.9 Å². The van der Waals surface area contributed by atoms with Crippen LogP contribution in [0.4, 0.5) is 4.39 Å². The molecule has 8 nitrogen and oxygen atoms in total. The third kappa shape index (κ3) is 19.0. The van der Waals surface area contributed by atoms with Crippen molar-refractivity contribution in [3.63, 3.8) is 0 Å². The Bertz CT molecular complexity index is 1050. The zero-order valence-electron chi connectivity index (χ0n) is 23.1. The van der Waals surface area contributed by atoms with E-state index in [1.807, 2.05) is 46.0 Å². The van der Waals surface area contributed by atoms with Crippen LogP contribution < -0.4 is 4.74 Å². The Morgan fingerprint density at radius 1 is 1.08 bits per heavy atom. The van der Waals surface area contributed by atoms with E-state index in [9.17, 15) is 23.9 Å². The largest absolute Gasteiger partial charge is 0.486 e. The van der Waals surface area contributed by atoms with Crippen LogP contribution in [0.5, 0.6) is 5.75 Å². The van der Waals surface area contributed by atoms with Crippen LogP contribution in [0.25, 0.3) is 0 Å². The molecule has 214 valence electrons. The van der Waals surface area contributed by atoms with Crippen LogP contribution in [0.3, 0.4) is 0 Å². The van der Waals surface area contributed by atoms with Gasteiger partial charge in [0.1, 0.15) is 6.61 Å². The molecule has 0 heterocycles. The molecule has 1 atom stereocenters.